The van der Waals surface area contributed by atoms with Crippen LogP contribution in [0.2, 0.25) is 0 Å². The fourth-order valence-electron chi connectivity index (χ4n) is 1.79. The summed E-state index contributed by atoms with van der Waals surface area (Å²) >= 11 is 0. The van der Waals surface area contributed by atoms with Gasteiger partial charge < -0.3 is 19.6 Å². The minimum atomic E-state index is -0.272. The highest BCUT2D eigenvalue weighted by Gasteiger charge is 2.15. The smallest absolute Gasteiger partial charge is 0.168 e. The molecule has 0 aliphatic heterocycles. The molecule has 0 fully saturated rings. The van der Waals surface area contributed by atoms with E-state index in [0.717, 1.165) is 23.0 Å². The monoisotopic (exact) mass is 261 g/mol. The summed E-state index contributed by atoms with van der Waals surface area (Å²) in [4.78, 5) is 0. The van der Waals surface area contributed by atoms with E-state index >= 15 is 0 Å². The van der Waals surface area contributed by atoms with Gasteiger partial charge in [-0.15, -0.1) is 0 Å². The predicted molar refractivity (Wildman–Crippen MR) is 73.5 cm³/mol. The molecule has 0 aliphatic rings. The van der Waals surface area contributed by atoms with Crippen LogP contribution in [0.1, 0.15) is 24.5 Å². The first-order valence-electron chi connectivity index (χ1n) is 6.39. The number of rotatable bonds is 6. The summed E-state index contributed by atoms with van der Waals surface area (Å²) in [6, 6.07) is 11.3. The Bertz CT molecular complexity index is 504. The van der Waals surface area contributed by atoms with Crippen LogP contribution in [-0.4, -0.2) is 13.2 Å². The van der Waals surface area contributed by atoms with Crippen LogP contribution in [0, 0.1) is 6.92 Å². The van der Waals surface area contributed by atoms with Crippen molar-refractivity contribution >= 4 is 0 Å². The van der Waals surface area contributed by atoms with Crippen LogP contribution in [0.3, 0.4) is 0 Å². The molecule has 1 aromatic heterocycles. The van der Waals surface area contributed by atoms with Crippen molar-refractivity contribution in [1.82, 2.24) is 0 Å². The fraction of sp³-hybridized carbons (Fsp3) is 0.333. The third-order valence-corrected chi connectivity index (χ3v) is 2.71. The summed E-state index contributed by atoms with van der Waals surface area (Å²) in [6.07, 6.45) is -0.272. The molecule has 0 saturated carbocycles. The van der Waals surface area contributed by atoms with E-state index in [9.17, 15) is 0 Å². The molecule has 1 unspecified atom stereocenters. The quantitative estimate of drug-likeness (QED) is 0.868. The van der Waals surface area contributed by atoms with E-state index in [2.05, 4.69) is 0 Å². The molecule has 2 rings (SSSR count). The van der Waals surface area contributed by atoms with Gasteiger partial charge in [0.2, 0.25) is 0 Å². The van der Waals surface area contributed by atoms with Gasteiger partial charge in [-0.25, -0.2) is 0 Å². The minimum Gasteiger partial charge on any atom is -0.494 e. The number of hydrogen-bond acceptors (Lipinski definition) is 4. The van der Waals surface area contributed by atoms with E-state index in [-0.39, 0.29) is 6.10 Å². The summed E-state index contributed by atoms with van der Waals surface area (Å²) in [5.74, 6) is 3.17. The van der Waals surface area contributed by atoms with Crippen molar-refractivity contribution in [3.63, 3.8) is 0 Å². The van der Waals surface area contributed by atoms with Gasteiger partial charge in [-0.2, -0.15) is 0 Å². The maximum absolute atomic E-state index is 5.82. The molecule has 1 heterocycles. The van der Waals surface area contributed by atoms with Crippen LogP contribution < -0.4 is 15.2 Å². The Kier molecular flexibility index (Phi) is 4.47. The normalized spacial score (nSPS) is 12.2. The average molecular weight is 261 g/mol. The lowest BCUT2D eigenvalue weighted by Gasteiger charge is -2.15. The lowest BCUT2D eigenvalue weighted by atomic mass is 10.2. The molecular weight excluding hydrogens is 242 g/mol. The molecule has 2 aromatic rings. The Morgan fingerprint density at radius 2 is 1.79 bits per heavy atom. The van der Waals surface area contributed by atoms with Gasteiger partial charge >= 0.3 is 0 Å². The van der Waals surface area contributed by atoms with Gasteiger partial charge in [-0.3, -0.25) is 0 Å². The topological polar surface area (TPSA) is 57.6 Å². The lowest BCUT2D eigenvalue weighted by molar-refractivity contribution is 0.182. The van der Waals surface area contributed by atoms with Gasteiger partial charge in [0.1, 0.15) is 23.0 Å². The number of nitrogens with two attached hydrogens (primary N) is 1. The maximum atomic E-state index is 5.82. The number of aryl methyl sites for hydroxylation is 1. The zero-order valence-electron chi connectivity index (χ0n) is 11.3. The lowest BCUT2D eigenvalue weighted by Crippen LogP contribution is -2.17. The second kappa shape index (κ2) is 6.29. The van der Waals surface area contributed by atoms with E-state index in [1.807, 2.05) is 50.2 Å². The molecule has 2 N–H and O–H groups in total. The van der Waals surface area contributed by atoms with Crippen LogP contribution in [0.25, 0.3) is 0 Å². The summed E-state index contributed by atoms with van der Waals surface area (Å²) in [5.41, 5.74) is 5.73. The number of furan rings is 1. The van der Waals surface area contributed by atoms with E-state index in [1.54, 1.807) is 0 Å². The van der Waals surface area contributed by atoms with Gasteiger partial charge in [0.05, 0.1) is 6.61 Å². The summed E-state index contributed by atoms with van der Waals surface area (Å²) in [7, 11) is 0. The molecule has 0 spiro atoms. The van der Waals surface area contributed by atoms with Crippen molar-refractivity contribution < 1.29 is 13.9 Å². The molecule has 0 aliphatic carbocycles. The first-order chi connectivity index (χ1) is 9.22. The highest BCUT2D eigenvalue weighted by molar-refractivity contribution is 5.31. The van der Waals surface area contributed by atoms with Gasteiger partial charge in [0.15, 0.2) is 6.10 Å². The molecule has 0 radical (unpaired) electrons. The van der Waals surface area contributed by atoms with E-state index in [1.165, 1.54) is 0 Å². The van der Waals surface area contributed by atoms with Crippen molar-refractivity contribution in [2.45, 2.75) is 20.0 Å². The number of ether oxygens (including phenoxy) is 2. The van der Waals surface area contributed by atoms with Crippen molar-refractivity contribution in [1.29, 1.82) is 0 Å². The van der Waals surface area contributed by atoms with Gasteiger partial charge in [0.25, 0.3) is 0 Å². The Hall–Kier alpha value is -1.94. The van der Waals surface area contributed by atoms with Crippen molar-refractivity contribution in [2.75, 3.05) is 13.2 Å². The third kappa shape index (κ3) is 3.51. The average Bonchev–Trinajstić information content (AvgIpc) is 2.85. The fourth-order valence-corrected chi connectivity index (χ4v) is 1.79. The molecule has 19 heavy (non-hydrogen) atoms. The highest BCUT2D eigenvalue weighted by atomic mass is 16.5. The molecule has 0 bridgehead atoms. The minimum absolute atomic E-state index is 0.272. The molecule has 1 atom stereocenters. The molecule has 4 nitrogen and oxygen atoms in total. The van der Waals surface area contributed by atoms with Crippen LogP contribution in [0.5, 0.6) is 11.5 Å². The second-order valence-corrected chi connectivity index (χ2v) is 4.20. The zero-order chi connectivity index (χ0) is 13.7. The van der Waals surface area contributed by atoms with Crippen molar-refractivity contribution in [3.05, 3.63) is 47.9 Å². The first kappa shape index (κ1) is 13.5. The third-order valence-electron chi connectivity index (χ3n) is 2.71. The number of benzene rings is 1. The number of hydrogen-bond donors (Lipinski definition) is 1. The Labute approximate surface area is 113 Å². The molecule has 1 aromatic carbocycles. The summed E-state index contributed by atoms with van der Waals surface area (Å²) < 4.78 is 16.7. The van der Waals surface area contributed by atoms with Crippen molar-refractivity contribution in [2.24, 2.45) is 5.73 Å². The Morgan fingerprint density at radius 3 is 2.32 bits per heavy atom. The molecule has 0 saturated heterocycles. The summed E-state index contributed by atoms with van der Waals surface area (Å²) in [5, 5.41) is 0. The summed E-state index contributed by atoms with van der Waals surface area (Å²) in [6.45, 7) is 4.86. The van der Waals surface area contributed by atoms with Gasteiger partial charge in [-0.05, 0) is 50.2 Å². The Morgan fingerprint density at radius 1 is 1.11 bits per heavy atom. The zero-order valence-corrected chi connectivity index (χ0v) is 11.3. The van der Waals surface area contributed by atoms with Gasteiger partial charge in [-0.1, -0.05) is 0 Å². The van der Waals surface area contributed by atoms with Gasteiger partial charge in [0, 0.05) is 6.54 Å². The maximum Gasteiger partial charge on any atom is 0.168 e. The molecule has 0 amide bonds. The van der Waals surface area contributed by atoms with E-state index < -0.39 is 0 Å². The largest absolute Gasteiger partial charge is 0.494 e. The molecular formula is C15H19NO3. The highest BCUT2D eigenvalue weighted by Crippen LogP contribution is 2.24. The first-order valence-corrected chi connectivity index (χ1v) is 6.39. The van der Waals surface area contributed by atoms with Crippen LogP contribution in [0.4, 0.5) is 0 Å². The van der Waals surface area contributed by atoms with Crippen molar-refractivity contribution in [3.8, 4) is 11.5 Å². The van der Waals surface area contributed by atoms with Crippen LogP contribution in [-0.2, 0) is 0 Å². The second-order valence-electron chi connectivity index (χ2n) is 4.20. The Balaban J connectivity index is 2.05. The van der Waals surface area contributed by atoms with E-state index in [4.69, 9.17) is 19.6 Å². The van der Waals surface area contributed by atoms with Crippen LogP contribution in [0.15, 0.2) is 40.8 Å². The van der Waals surface area contributed by atoms with Crippen LogP contribution >= 0.6 is 0 Å². The molecule has 102 valence electrons. The standard InChI is InChI=1S/C15H19NO3/c1-3-17-12-5-7-13(8-6-12)19-15(10-16)14-9-4-11(2)18-14/h4-9,15H,3,10,16H2,1-2H3. The SMILES string of the molecule is CCOc1ccc(OC(CN)c2ccc(C)o2)cc1. The molecule has 4 heteroatoms. The predicted octanol–water partition coefficient (Wildman–Crippen LogP) is 3.07. The van der Waals surface area contributed by atoms with E-state index in [0.29, 0.717) is 13.2 Å².